The van der Waals surface area contributed by atoms with Crippen molar-refractivity contribution in [2.24, 2.45) is 5.92 Å². The van der Waals surface area contributed by atoms with Crippen LogP contribution in [0.5, 0.6) is 5.75 Å². The molecule has 112 valence electrons. The van der Waals surface area contributed by atoms with E-state index in [2.05, 4.69) is 0 Å². The lowest BCUT2D eigenvalue weighted by Gasteiger charge is -2.08. The third-order valence-corrected chi connectivity index (χ3v) is 4.10. The Labute approximate surface area is 128 Å². The van der Waals surface area contributed by atoms with Crippen molar-refractivity contribution >= 4 is 11.8 Å². The summed E-state index contributed by atoms with van der Waals surface area (Å²) in [6, 6.07) is 12.5. The van der Waals surface area contributed by atoms with Gasteiger partial charge in [0.05, 0.1) is 18.6 Å². The van der Waals surface area contributed by atoms with Crippen LogP contribution in [0.4, 0.5) is 0 Å². The first-order valence-corrected chi connectivity index (χ1v) is 7.12. The van der Waals surface area contributed by atoms with Crippen LogP contribution in [0.1, 0.15) is 27.0 Å². The minimum atomic E-state index is -0.784. The van der Waals surface area contributed by atoms with Gasteiger partial charge in [-0.05, 0) is 42.2 Å². The molecule has 0 fully saturated rings. The molecule has 0 saturated heterocycles. The number of rotatable bonds is 4. The maximum atomic E-state index is 12.6. The Balaban J connectivity index is 1.93. The van der Waals surface area contributed by atoms with Crippen molar-refractivity contribution in [3.8, 4) is 5.75 Å². The summed E-state index contributed by atoms with van der Waals surface area (Å²) in [4.78, 5) is 23.8. The summed E-state index contributed by atoms with van der Waals surface area (Å²) in [5, 5.41) is 9.13. The number of benzene rings is 2. The molecule has 2 aromatic rings. The molecule has 0 aliphatic heterocycles. The first-order chi connectivity index (χ1) is 10.6. The van der Waals surface area contributed by atoms with Gasteiger partial charge in [0.2, 0.25) is 0 Å². The van der Waals surface area contributed by atoms with Crippen LogP contribution in [0.2, 0.25) is 0 Å². The van der Waals surface area contributed by atoms with Gasteiger partial charge in [-0.25, -0.2) is 0 Å². The van der Waals surface area contributed by atoms with Crippen LogP contribution in [0.25, 0.3) is 0 Å². The van der Waals surface area contributed by atoms with E-state index in [1.165, 1.54) is 7.11 Å². The Morgan fingerprint density at radius 2 is 1.82 bits per heavy atom. The summed E-state index contributed by atoms with van der Waals surface area (Å²) in [6.07, 6.45) is 1.02. The highest BCUT2D eigenvalue weighted by Gasteiger charge is 2.28. The van der Waals surface area contributed by atoms with Gasteiger partial charge in [-0.3, -0.25) is 9.59 Å². The number of fused-ring (bicyclic) bond motifs is 1. The number of aliphatic carboxylic acids is 1. The molecule has 0 amide bonds. The van der Waals surface area contributed by atoms with Gasteiger partial charge in [-0.1, -0.05) is 24.3 Å². The highest BCUT2D eigenvalue weighted by molar-refractivity contribution is 6.10. The second-order valence-corrected chi connectivity index (χ2v) is 5.46. The van der Waals surface area contributed by atoms with Gasteiger partial charge in [0.25, 0.3) is 0 Å². The average Bonchev–Trinajstić information content (AvgIpc) is 2.97. The monoisotopic (exact) mass is 296 g/mol. The zero-order valence-electron chi connectivity index (χ0n) is 12.2. The molecule has 0 bridgehead atoms. The van der Waals surface area contributed by atoms with E-state index in [1.54, 1.807) is 24.3 Å². The van der Waals surface area contributed by atoms with Gasteiger partial charge in [-0.15, -0.1) is 0 Å². The van der Waals surface area contributed by atoms with Crippen LogP contribution in [0, 0.1) is 5.92 Å². The summed E-state index contributed by atoms with van der Waals surface area (Å²) in [7, 11) is 1.53. The third kappa shape index (κ3) is 2.48. The predicted octanol–water partition coefficient (Wildman–Crippen LogP) is 2.73. The van der Waals surface area contributed by atoms with E-state index in [0.717, 1.165) is 11.1 Å². The van der Waals surface area contributed by atoms with Gasteiger partial charge >= 0.3 is 5.97 Å². The van der Waals surface area contributed by atoms with E-state index in [0.29, 0.717) is 29.7 Å². The number of ether oxygens (including phenoxy) is 1. The van der Waals surface area contributed by atoms with Crippen LogP contribution >= 0.6 is 0 Å². The van der Waals surface area contributed by atoms with Gasteiger partial charge in [0.15, 0.2) is 5.78 Å². The molecular formula is C18H16O4. The Hall–Kier alpha value is -2.62. The highest BCUT2D eigenvalue weighted by Crippen LogP contribution is 2.29. The predicted molar refractivity (Wildman–Crippen MR) is 81.4 cm³/mol. The third-order valence-electron chi connectivity index (χ3n) is 4.10. The summed E-state index contributed by atoms with van der Waals surface area (Å²) >= 11 is 0. The lowest BCUT2D eigenvalue weighted by molar-refractivity contribution is -0.141. The Bertz CT molecular complexity index is 749. The molecule has 1 aliphatic carbocycles. The molecule has 4 nitrogen and oxygen atoms in total. The molecule has 1 atom stereocenters. The zero-order valence-corrected chi connectivity index (χ0v) is 12.2. The fourth-order valence-electron chi connectivity index (χ4n) is 2.92. The van der Waals surface area contributed by atoms with Gasteiger partial charge in [0.1, 0.15) is 5.75 Å². The molecule has 0 aromatic heterocycles. The van der Waals surface area contributed by atoms with Crippen molar-refractivity contribution in [1.82, 2.24) is 0 Å². The quantitative estimate of drug-likeness (QED) is 0.881. The molecule has 0 radical (unpaired) electrons. The second kappa shape index (κ2) is 5.64. The van der Waals surface area contributed by atoms with Crippen molar-refractivity contribution < 1.29 is 19.4 Å². The Kier molecular flexibility index (Phi) is 3.67. The van der Waals surface area contributed by atoms with E-state index in [4.69, 9.17) is 9.84 Å². The number of carbonyl (C=O) groups excluding carboxylic acids is 1. The summed E-state index contributed by atoms with van der Waals surface area (Å²) < 4.78 is 5.23. The van der Waals surface area contributed by atoms with E-state index < -0.39 is 5.97 Å². The van der Waals surface area contributed by atoms with Crippen LogP contribution in [0.3, 0.4) is 0 Å². The van der Waals surface area contributed by atoms with Crippen LogP contribution in [0.15, 0.2) is 42.5 Å². The van der Waals surface area contributed by atoms with Crippen LogP contribution < -0.4 is 4.74 Å². The minimum Gasteiger partial charge on any atom is -0.496 e. The Morgan fingerprint density at radius 1 is 1.09 bits per heavy atom. The molecule has 1 aliphatic rings. The minimum absolute atomic E-state index is 0.112. The summed E-state index contributed by atoms with van der Waals surface area (Å²) in [5.74, 6) is -0.740. The van der Waals surface area contributed by atoms with E-state index >= 15 is 0 Å². The topological polar surface area (TPSA) is 63.6 Å². The largest absolute Gasteiger partial charge is 0.496 e. The van der Waals surface area contributed by atoms with Crippen molar-refractivity contribution in [1.29, 1.82) is 0 Å². The number of hydrogen-bond acceptors (Lipinski definition) is 3. The SMILES string of the molecule is COc1ccccc1C(=O)c1ccc2c(c1)CC(C(=O)O)C2. The molecule has 3 rings (SSSR count). The molecule has 1 unspecified atom stereocenters. The zero-order chi connectivity index (χ0) is 15.7. The van der Waals surface area contributed by atoms with Crippen molar-refractivity contribution in [3.63, 3.8) is 0 Å². The van der Waals surface area contributed by atoms with Crippen molar-refractivity contribution in [2.45, 2.75) is 12.8 Å². The summed E-state index contributed by atoms with van der Waals surface area (Å²) in [6.45, 7) is 0. The maximum Gasteiger partial charge on any atom is 0.307 e. The van der Waals surface area contributed by atoms with E-state index in [1.807, 2.05) is 18.2 Å². The fourth-order valence-corrected chi connectivity index (χ4v) is 2.92. The standard InChI is InChI=1S/C18H16O4/c1-22-16-5-3-2-4-15(16)17(19)12-7-6-11-8-14(18(20)21)10-13(11)9-12/h2-7,9,14H,8,10H2,1H3,(H,20,21). The molecule has 2 aromatic carbocycles. The molecule has 0 spiro atoms. The first-order valence-electron chi connectivity index (χ1n) is 7.12. The molecular weight excluding hydrogens is 280 g/mol. The average molecular weight is 296 g/mol. The lowest BCUT2D eigenvalue weighted by Crippen LogP contribution is -2.12. The lowest BCUT2D eigenvalue weighted by atomic mass is 9.99. The van der Waals surface area contributed by atoms with Crippen molar-refractivity contribution in [3.05, 3.63) is 64.7 Å². The maximum absolute atomic E-state index is 12.6. The molecule has 1 N–H and O–H groups in total. The number of carbonyl (C=O) groups is 2. The van der Waals surface area contributed by atoms with E-state index in [-0.39, 0.29) is 11.7 Å². The number of para-hydroxylation sites is 1. The van der Waals surface area contributed by atoms with Crippen LogP contribution in [-0.2, 0) is 17.6 Å². The number of methoxy groups -OCH3 is 1. The molecule has 22 heavy (non-hydrogen) atoms. The van der Waals surface area contributed by atoms with Gasteiger partial charge < -0.3 is 9.84 Å². The van der Waals surface area contributed by atoms with Crippen LogP contribution in [-0.4, -0.2) is 24.0 Å². The Morgan fingerprint density at radius 3 is 2.55 bits per heavy atom. The fraction of sp³-hybridized carbons (Fsp3) is 0.222. The molecule has 0 heterocycles. The highest BCUT2D eigenvalue weighted by atomic mass is 16.5. The molecule has 4 heteroatoms. The van der Waals surface area contributed by atoms with Gasteiger partial charge in [0, 0.05) is 5.56 Å². The van der Waals surface area contributed by atoms with Gasteiger partial charge in [-0.2, -0.15) is 0 Å². The first kappa shape index (κ1) is 14.3. The number of carboxylic acid groups (broad SMARTS) is 1. The number of hydrogen-bond donors (Lipinski definition) is 1. The smallest absolute Gasteiger partial charge is 0.307 e. The van der Waals surface area contributed by atoms with E-state index in [9.17, 15) is 9.59 Å². The van der Waals surface area contributed by atoms with Crippen molar-refractivity contribution in [2.75, 3.05) is 7.11 Å². The number of ketones is 1. The summed E-state index contributed by atoms with van der Waals surface area (Å²) in [5.41, 5.74) is 3.05. The number of carboxylic acids is 1. The normalized spacial score (nSPS) is 16.1. The molecule has 0 saturated carbocycles. The second-order valence-electron chi connectivity index (χ2n) is 5.46.